The van der Waals surface area contributed by atoms with Gasteiger partial charge in [0.25, 0.3) is 10.0 Å². The van der Waals surface area contributed by atoms with Crippen LogP contribution in [0.4, 0.5) is 5.69 Å². The monoisotopic (exact) mass is 319 g/mol. The highest BCUT2D eigenvalue weighted by atomic mass is 32.2. The average molecular weight is 319 g/mol. The molecule has 0 heterocycles. The van der Waals surface area contributed by atoms with Crippen LogP contribution in [-0.2, 0) is 14.8 Å². The quantitative estimate of drug-likeness (QED) is 0.568. The van der Waals surface area contributed by atoms with Gasteiger partial charge in [-0.2, -0.15) is 0 Å². The molecule has 0 radical (unpaired) electrons. The summed E-state index contributed by atoms with van der Waals surface area (Å²) in [6, 6.07) is 5.78. The number of rotatable bonds is 4. The van der Waals surface area contributed by atoms with E-state index in [2.05, 4.69) is 15.6 Å². The van der Waals surface area contributed by atoms with E-state index in [9.17, 15) is 13.2 Å². The molecule has 1 rings (SSSR count). The highest BCUT2D eigenvalue weighted by Crippen LogP contribution is 2.13. The Hall–Kier alpha value is -1.16. The van der Waals surface area contributed by atoms with Crippen molar-refractivity contribution in [1.82, 2.24) is 10.3 Å². The van der Waals surface area contributed by atoms with Crippen LogP contribution < -0.4 is 15.6 Å². The van der Waals surface area contributed by atoms with Gasteiger partial charge >= 0.3 is 0 Å². The number of benzene rings is 1. The lowest BCUT2D eigenvalue weighted by Crippen LogP contribution is -2.39. The zero-order chi connectivity index (χ0) is 14.5. The maximum atomic E-state index is 11.9. The lowest BCUT2D eigenvalue weighted by molar-refractivity contribution is -0.114. The highest BCUT2D eigenvalue weighted by molar-refractivity contribution is 8.22. The van der Waals surface area contributed by atoms with Crippen molar-refractivity contribution in [2.45, 2.75) is 11.8 Å². The first-order chi connectivity index (χ1) is 8.85. The van der Waals surface area contributed by atoms with Crippen molar-refractivity contribution in [3.05, 3.63) is 24.3 Å². The summed E-state index contributed by atoms with van der Waals surface area (Å²) in [5, 5.41) is 2.55. The van der Waals surface area contributed by atoms with Crippen LogP contribution in [0.15, 0.2) is 29.2 Å². The Morgan fingerprint density at radius 2 is 1.84 bits per heavy atom. The molecule has 9 heteroatoms. The summed E-state index contributed by atoms with van der Waals surface area (Å²) in [7, 11) is -3.69. The number of amides is 1. The van der Waals surface area contributed by atoms with E-state index < -0.39 is 10.0 Å². The maximum Gasteiger partial charge on any atom is 0.257 e. The van der Waals surface area contributed by atoms with Gasteiger partial charge in [-0.1, -0.05) is 24.0 Å². The van der Waals surface area contributed by atoms with Crippen LogP contribution in [0.5, 0.6) is 0 Å². The second-order valence-electron chi connectivity index (χ2n) is 3.43. The number of hydrogen-bond acceptors (Lipinski definition) is 5. The van der Waals surface area contributed by atoms with Gasteiger partial charge in [0.15, 0.2) is 0 Å². The van der Waals surface area contributed by atoms with E-state index in [1.807, 2.05) is 0 Å². The average Bonchev–Trinajstić information content (AvgIpc) is 2.36. The van der Waals surface area contributed by atoms with Crippen molar-refractivity contribution in [2.75, 3.05) is 11.6 Å². The highest BCUT2D eigenvalue weighted by Gasteiger charge is 2.13. The van der Waals surface area contributed by atoms with Crippen LogP contribution >= 0.6 is 24.0 Å². The van der Waals surface area contributed by atoms with E-state index in [1.54, 1.807) is 6.26 Å². The second kappa shape index (κ2) is 6.85. The first-order valence-electron chi connectivity index (χ1n) is 5.08. The summed E-state index contributed by atoms with van der Waals surface area (Å²) in [5.41, 5.74) is 2.93. The second-order valence-corrected chi connectivity index (χ2v) is 6.59. The number of hydrogen-bond donors (Lipinski definition) is 3. The van der Waals surface area contributed by atoms with Gasteiger partial charge in [0, 0.05) is 12.6 Å². The number of thiocarbonyl (C=S) groups is 1. The molecule has 104 valence electrons. The largest absolute Gasteiger partial charge is 0.326 e. The van der Waals surface area contributed by atoms with E-state index >= 15 is 0 Å². The molecule has 0 fully saturated rings. The first-order valence-corrected chi connectivity index (χ1v) is 8.20. The van der Waals surface area contributed by atoms with Gasteiger partial charge in [0.2, 0.25) is 5.91 Å². The molecule has 0 aliphatic heterocycles. The van der Waals surface area contributed by atoms with Gasteiger partial charge in [-0.25, -0.2) is 8.42 Å². The number of hydrazine groups is 1. The van der Waals surface area contributed by atoms with Gasteiger partial charge in [0.05, 0.1) is 4.90 Å². The van der Waals surface area contributed by atoms with Crippen molar-refractivity contribution in [2.24, 2.45) is 0 Å². The Labute approximate surface area is 121 Å². The molecule has 19 heavy (non-hydrogen) atoms. The summed E-state index contributed by atoms with van der Waals surface area (Å²) in [6.45, 7) is 1.37. The van der Waals surface area contributed by atoms with Crippen molar-refractivity contribution >= 4 is 49.9 Å². The molecule has 1 amide bonds. The van der Waals surface area contributed by atoms with Crippen molar-refractivity contribution in [3.63, 3.8) is 0 Å². The molecule has 0 aliphatic carbocycles. The Balaban J connectivity index is 2.79. The van der Waals surface area contributed by atoms with Crippen LogP contribution in [0.25, 0.3) is 0 Å². The van der Waals surface area contributed by atoms with E-state index in [0.717, 1.165) is 0 Å². The summed E-state index contributed by atoms with van der Waals surface area (Å²) in [6.07, 6.45) is 1.73. The van der Waals surface area contributed by atoms with Crippen LogP contribution in [-0.4, -0.2) is 24.9 Å². The molecule has 0 saturated heterocycles. The Morgan fingerprint density at radius 3 is 2.32 bits per heavy atom. The first kappa shape index (κ1) is 15.9. The normalized spacial score (nSPS) is 10.8. The van der Waals surface area contributed by atoms with E-state index in [0.29, 0.717) is 10.0 Å². The molecule has 1 aromatic carbocycles. The van der Waals surface area contributed by atoms with Crippen molar-refractivity contribution in [1.29, 1.82) is 0 Å². The summed E-state index contributed by atoms with van der Waals surface area (Å²) in [5.74, 6) is -0.222. The molecule has 6 nitrogen and oxygen atoms in total. The molecule has 3 N–H and O–H groups in total. The fourth-order valence-corrected chi connectivity index (χ4v) is 2.32. The molecular weight excluding hydrogens is 306 g/mol. The van der Waals surface area contributed by atoms with Crippen LogP contribution in [0.1, 0.15) is 6.92 Å². The van der Waals surface area contributed by atoms with Gasteiger partial charge in [-0.05, 0) is 30.5 Å². The molecule has 0 aliphatic rings. The number of anilines is 1. The zero-order valence-electron chi connectivity index (χ0n) is 10.3. The fraction of sp³-hybridized carbons (Fsp3) is 0.200. The van der Waals surface area contributed by atoms with Crippen molar-refractivity contribution < 1.29 is 13.2 Å². The Morgan fingerprint density at radius 1 is 1.26 bits per heavy atom. The van der Waals surface area contributed by atoms with Gasteiger partial charge in [0.1, 0.15) is 4.32 Å². The smallest absolute Gasteiger partial charge is 0.257 e. The minimum absolute atomic E-state index is 0.0676. The van der Waals surface area contributed by atoms with Crippen molar-refractivity contribution in [3.8, 4) is 0 Å². The third kappa shape index (κ3) is 5.15. The third-order valence-electron chi connectivity index (χ3n) is 1.96. The predicted octanol–water partition coefficient (Wildman–Crippen LogP) is 1.08. The molecular formula is C10H13N3O3S3. The molecule has 0 bridgehead atoms. The van der Waals surface area contributed by atoms with Crippen LogP contribution in [0.2, 0.25) is 0 Å². The predicted molar refractivity (Wildman–Crippen MR) is 80.3 cm³/mol. The number of carbonyl (C=O) groups excluding carboxylic acids is 1. The lowest BCUT2D eigenvalue weighted by atomic mass is 10.3. The van der Waals surface area contributed by atoms with Gasteiger partial charge < -0.3 is 5.32 Å². The molecule has 0 unspecified atom stereocenters. The van der Waals surface area contributed by atoms with E-state index in [1.165, 1.54) is 43.0 Å². The molecule has 1 aromatic rings. The van der Waals surface area contributed by atoms with Crippen LogP contribution in [0.3, 0.4) is 0 Å². The molecule has 0 atom stereocenters. The maximum absolute atomic E-state index is 11.9. The van der Waals surface area contributed by atoms with Crippen LogP contribution in [0, 0.1) is 0 Å². The molecule has 0 saturated carbocycles. The summed E-state index contributed by atoms with van der Waals surface area (Å²) >= 11 is 6.03. The molecule has 0 aromatic heterocycles. The topological polar surface area (TPSA) is 87.3 Å². The zero-order valence-corrected chi connectivity index (χ0v) is 12.7. The third-order valence-corrected chi connectivity index (χ3v) is 4.30. The fourth-order valence-electron chi connectivity index (χ4n) is 1.14. The number of sulfonamides is 1. The molecule has 0 spiro atoms. The Bertz CT molecular complexity index is 569. The minimum Gasteiger partial charge on any atom is -0.326 e. The van der Waals surface area contributed by atoms with E-state index in [4.69, 9.17) is 12.2 Å². The Kier molecular flexibility index (Phi) is 5.73. The SMILES string of the molecule is CSC(=S)NNS(=O)(=O)c1ccc(NC(C)=O)cc1. The van der Waals surface area contributed by atoms with Gasteiger partial charge in [-0.15, -0.1) is 4.83 Å². The minimum atomic E-state index is -3.69. The van der Waals surface area contributed by atoms with Gasteiger partial charge in [-0.3, -0.25) is 10.2 Å². The number of thioether (sulfide) groups is 1. The summed E-state index contributed by atoms with van der Waals surface area (Å²) in [4.78, 5) is 13.1. The van der Waals surface area contributed by atoms with E-state index in [-0.39, 0.29) is 10.8 Å². The summed E-state index contributed by atoms with van der Waals surface area (Å²) < 4.78 is 24.0. The number of nitrogens with one attached hydrogen (secondary N) is 3. The lowest BCUT2D eigenvalue weighted by Gasteiger charge is -2.09. The standard InChI is InChI=1S/C10H13N3O3S3/c1-7(14)11-8-3-5-9(6-4-8)19(15,16)13-12-10(17)18-2/h3-6,13H,1-2H3,(H,11,14)(H,12,17). The number of carbonyl (C=O) groups is 1.